The Kier molecular flexibility index (Phi) is 5.34. The fourth-order valence-corrected chi connectivity index (χ4v) is 3.65. The molecule has 1 heterocycles. The SMILES string of the molecule is COC(=O)c1c(NC(=O)Oc2ccccc2)sc(C)c1-c1ccccc1. The van der Waals surface area contributed by atoms with E-state index in [-0.39, 0.29) is 0 Å². The molecule has 0 spiro atoms. The fourth-order valence-electron chi connectivity index (χ4n) is 2.60. The molecule has 1 aromatic heterocycles. The lowest BCUT2D eigenvalue weighted by Gasteiger charge is -2.08. The molecule has 0 aliphatic carbocycles. The third-order valence-electron chi connectivity index (χ3n) is 3.71. The minimum Gasteiger partial charge on any atom is -0.465 e. The number of benzene rings is 2. The molecule has 1 N–H and O–H groups in total. The van der Waals surface area contributed by atoms with Gasteiger partial charge >= 0.3 is 12.1 Å². The number of esters is 1. The minimum absolute atomic E-state index is 0.325. The Balaban J connectivity index is 1.94. The van der Waals surface area contributed by atoms with Crippen LogP contribution in [0, 0.1) is 6.92 Å². The molecule has 3 aromatic rings. The van der Waals surface area contributed by atoms with E-state index in [0.717, 1.165) is 16.0 Å². The Morgan fingerprint density at radius 1 is 0.962 bits per heavy atom. The monoisotopic (exact) mass is 367 g/mol. The van der Waals surface area contributed by atoms with Gasteiger partial charge in [-0.1, -0.05) is 48.5 Å². The van der Waals surface area contributed by atoms with Crippen molar-refractivity contribution in [2.75, 3.05) is 12.4 Å². The molecule has 0 aliphatic heterocycles. The zero-order valence-corrected chi connectivity index (χ0v) is 15.1. The van der Waals surface area contributed by atoms with Gasteiger partial charge in [0.15, 0.2) is 0 Å². The molecule has 0 saturated carbocycles. The van der Waals surface area contributed by atoms with Crippen LogP contribution in [0.5, 0.6) is 5.75 Å². The summed E-state index contributed by atoms with van der Waals surface area (Å²) in [5.41, 5.74) is 1.95. The predicted molar refractivity (Wildman–Crippen MR) is 102 cm³/mol. The first-order valence-corrected chi connectivity index (χ1v) is 8.72. The highest BCUT2D eigenvalue weighted by Crippen LogP contribution is 2.40. The molecule has 0 bridgehead atoms. The quantitative estimate of drug-likeness (QED) is 0.650. The standard InChI is InChI=1S/C20H17NO4S/c1-13-16(14-9-5-3-6-10-14)17(19(22)24-2)18(26-13)21-20(23)25-15-11-7-4-8-12-15/h3-12H,1-2H3,(H,21,23). The number of aryl methyl sites for hydroxylation is 1. The number of rotatable bonds is 4. The number of methoxy groups -OCH3 is 1. The Hall–Kier alpha value is -3.12. The lowest BCUT2D eigenvalue weighted by Crippen LogP contribution is -2.18. The van der Waals surface area contributed by atoms with Crippen LogP contribution in [0.3, 0.4) is 0 Å². The van der Waals surface area contributed by atoms with Crippen molar-refractivity contribution in [2.45, 2.75) is 6.92 Å². The molecule has 0 saturated heterocycles. The third-order valence-corrected chi connectivity index (χ3v) is 4.73. The van der Waals surface area contributed by atoms with Crippen LogP contribution in [0.15, 0.2) is 60.7 Å². The van der Waals surface area contributed by atoms with Crippen LogP contribution in [-0.4, -0.2) is 19.2 Å². The van der Waals surface area contributed by atoms with Crippen LogP contribution >= 0.6 is 11.3 Å². The van der Waals surface area contributed by atoms with Crippen LogP contribution in [0.25, 0.3) is 11.1 Å². The van der Waals surface area contributed by atoms with Crippen LogP contribution in [0.4, 0.5) is 9.80 Å². The molecule has 6 heteroatoms. The van der Waals surface area contributed by atoms with Gasteiger partial charge in [0.25, 0.3) is 0 Å². The van der Waals surface area contributed by atoms with Gasteiger partial charge in [-0.3, -0.25) is 5.32 Å². The van der Waals surface area contributed by atoms with Gasteiger partial charge in [-0.05, 0) is 24.6 Å². The molecule has 1 amide bonds. The zero-order chi connectivity index (χ0) is 18.5. The number of anilines is 1. The lowest BCUT2D eigenvalue weighted by atomic mass is 10.0. The van der Waals surface area contributed by atoms with Gasteiger partial charge in [-0.2, -0.15) is 0 Å². The van der Waals surface area contributed by atoms with Crippen molar-refractivity contribution in [3.63, 3.8) is 0 Å². The van der Waals surface area contributed by atoms with Crippen molar-refractivity contribution in [1.82, 2.24) is 0 Å². The van der Waals surface area contributed by atoms with Crippen molar-refractivity contribution >= 4 is 28.4 Å². The smallest absolute Gasteiger partial charge is 0.417 e. The van der Waals surface area contributed by atoms with E-state index in [1.165, 1.54) is 18.4 Å². The van der Waals surface area contributed by atoms with Crippen molar-refractivity contribution in [1.29, 1.82) is 0 Å². The van der Waals surface area contributed by atoms with Crippen molar-refractivity contribution in [2.24, 2.45) is 0 Å². The van der Waals surface area contributed by atoms with Gasteiger partial charge in [-0.25, -0.2) is 9.59 Å². The van der Waals surface area contributed by atoms with Crippen LogP contribution in [0.1, 0.15) is 15.2 Å². The molecular formula is C20H17NO4S. The van der Waals surface area contributed by atoms with Crippen LogP contribution < -0.4 is 10.1 Å². The lowest BCUT2D eigenvalue weighted by molar-refractivity contribution is 0.0603. The van der Waals surface area contributed by atoms with Gasteiger partial charge in [0, 0.05) is 10.4 Å². The topological polar surface area (TPSA) is 64.6 Å². The van der Waals surface area contributed by atoms with Gasteiger partial charge in [0.05, 0.1) is 7.11 Å². The maximum absolute atomic E-state index is 12.4. The summed E-state index contributed by atoms with van der Waals surface area (Å²) in [5.74, 6) is -0.0932. The van der Waals surface area contributed by atoms with Crippen LogP contribution in [0.2, 0.25) is 0 Å². The number of amides is 1. The van der Waals surface area contributed by atoms with Crippen molar-refractivity contribution in [3.05, 3.63) is 71.1 Å². The van der Waals surface area contributed by atoms with E-state index < -0.39 is 12.1 Å². The second kappa shape index (κ2) is 7.84. The molecule has 3 rings (SSSR count). The number of nitrogens with one attached hydrogen (secondary N) is 1. The molecule has 26 heavy (non-hydrogen) atoms. The summed E-state index contributed by atoms with van der Waals surface area (Å²) in [7, 11) is 1.32. The molecule has 5 nitrogen and oxygen atoms in total. The number of hydrogen-bond acceptors (Lipinski definition) is 5. The summed E-state index contributed by atoms with van der Waals surface area (Å²) >= 11 is 1.31. The number of carbonyl (C=O) groups is 2. The average Bonchev–Trinajstić information content (AvgIpc) is 2.98. The molecule has 0 fully saturated rings. The fraction of sp³-hybridized carbons (Fsp3) is 0.100. The van der Waals surface area contributed by atoms with Gasteiger partial charge < -0.3 is 9.47 Å². The van der Waals surface area contributed by atoms with E-state index in [2.05, 4.69) is 5.32 Å². The summed E-state index contributed by atoms with van der Waals surface area (Å²) in [4.78, 5) is 25.5. The Morgan fingerprint density at radius 3 is 2.19 bits per heavy atom. The Bertz CT molecular complexity index is 920. The van der Waals surface area contributed by atoms with E-state index in [1.807, 2.05) is 43.3 Å². The second-order valence-electron chi connectivity index (χ2n) is 5.42. The number of para-hydroxylation sites is 1. The molecule has 2 aromatic carbocycles. The summed E-state index contributed by atoms with van der Waals surface area (Å²) < 4.78 is 10.2. The number of thiophene rings is 1. The van der Waals surface area contributed by atoms with E-state index in [1.54, 1.807) is 24.3 Å². The molecule has 0 unspecified atom stereocenters. The zero-order valence-electron chi connectivity index (χ0n) is 14.3. The van der Waals surface area contributed by atoms with Gasteiger partial charge in [0.1, 0.15) is 16.3 Å². The highest BCUT2D eigenvalue weighted by atomic mass is 32.1. The highest BCUT2D eigenvalue weighted by molar-refractivity contribution is 7.17. The normalized spacial score (nSPS) is 10.2. The summed E-state index contributed by atoms with van der Waals surface area (Å²) in [6, 6.07) is 18.2. The minimum atomic E-state index is -0.665. The Labute approximate surface area is 155 Å². The number of ether oxygens (including phenoxy) is 2. The molecular weight excluding hydrogens is 350 g/mol. The van der Waals surface area contributed by atoms with Crippen LogP contribution in [-0.2, 0) is 4.74 Å². The molecule has 132 valence electrons. The second-order valence-corrected chi connectivity index (χ2v) is 6.65. The summed E-state index contributed by atoms with van der Waals surface area (Å²) in [5, 5.41) is 3.06. The van der Waals surface area contributed by atoms with E-state index >= 15 is 0 Å². The molecule has 0 radical (unpaired) electrons. The van der Waals surface area contributed by atoms with Crippen molar-refractivity contribution in [3.8, 4) is 16.9 Å². The highest BCUT2D eigenvalue weighted by Gasteiger charge is 2.25. The number of hydrogen-bond donors (Lipinski definition) is 1. The van der Waals surface area contributed by atoms with E-state index in [4.69, 9.17) is 9.47 Å². The summed E-state index contributed by atoms with van der Waals surface area (Å²) in [6.45, 7) is 1.90. The first kappa shape index (κ1) is 17.7. The average molecular weight is 367 g/mol. The predicted octanol–water partition coefficient (Wildman–Crippen LogP) is 5.12. The van der Waals surface area contributed by atoms with E-state index in [9.17, 15) is 9.59 Å². The van der Waals surface area contributed by atoms with Gasteiger partial charge in [-0.15, -0.1) is 11.3 Å². The first-order chi connectivity index (χ1) is 12.6. The summed E-state index contributed by atoms with van der Waals surface area (Å²) in [6.07, 6.45) is -0.665. The third kappa shape index (κ3) is 3.75. The molecule has 0 atom stereocenters. The van der Waals surface area contributed by atoms with Crippen molar-refractivity contribution < 1.29 is 19.1 Å². The van der Waals surface area contributed by atoms with Gasteiger partial charge in [0.2, 0.25) is 0 Å². The Morgan fingerprint density at radius 2 is 1.58 bits per heavy atom. The molecule has 0 aliphatic rings. The number of carbonyl (C=O) groups excluding carboxylic acids is 2. The van der Waals surface area contributed by atoms with E-state index in [0.29, 0.717) is 16.3 Å². The maximum Gasteiger partial charge on any atom is 0.417 e. The maximum atomic E-state index is 12.4. The largest absolute Gasteiger partial charge is 0.465 e. The first-order valence-electron chi connectivity index (χ1n) is 7.91.